The number of alkyl halides is 2. The molecule has 344 valence electrons. The minimum absolute atomic E-state index is 0.0121. The highest BCUT2D eigenvalue weighted by molar-refractivity contribution is 7.54. The van der Waals surface area contributed by atoms with E-state index in [4.69, 9.17) is 18.5 Å². The van der Waals surface area contributed by atoms with Crippen LogP contribution < -0.4 is 10.6 Å². The summed E-state index contributed by atoms with van der Waals surface area (Å²) in [5.41, 5.74) is -7.10. The molecule has 2 aliphatic rings. The maximum absolute atomic E-state index is 16.4. The van der Waals surface area contributed by atoms with Gasteiger partial charge < -0.3 is 29.9 Å². The molecule has 2 fully saturated rings. The Bertz CT molecular complexity index is 2510. The molecule has 3 atom stereocenters. The van der Waals surface area contributed by atoms with Crippen molar-refractivity contribution in [3.05, 3.63) is 65.2 Å². The van der Waals surface area contributed by atoms with Gasteiger partial charge in [-0.05, 0) is 116 Å². The zero-order chi connectivity index (χ0) is 47.0. The molecule has 0 radical (unpaired) electrons. The van der Waals surface area contributed by atoms with Gasteiger partial charge in [-0.1, -0.05) is 6.07 Å². The van der Waals surface area contributed by atoms with E-state index in [9.17, 15) is 33.3 Å². The van der Waals surface area contributed by atoms with E-state index in [1.54, 1.807) is 24.3 Å². The first-order chi connectivity index (χ1) is 29.8. The summed E-state index contributed by atoms with van der Waals surface area (Å²) in [5.74, 6) is -3.75. The molecule has 2 aliphatic heterocycles. The Labute approximate surface area is 372 Å². The summed E-state index contributed by atoms with van der Waals surface area (Å²) >= 11 is 0.922. The molecule has 0 bridgehead atoms. The fourth-order valence-electron chi connectivity index (χ4n) is 7.27. The van der Waals surface area contributed by atoms with Crippen LogP contribution in [0.5, 0.6) is 0 Å². The molecule has 2 N–H and O–H groups in total. The number of carbonyl (C=O) groups excluding carboxylic acids is 6. The number of halogens is 2. The Hall–Kier alpha value is -5.43. The molecular weight excluding hydrogens is 878 g/mol. The van der Waals surface area contributed by atoms with Gasteiger partial charge in [0, 0.05) is 46.9 Å². The molecule has 4 amide bonds. The van der Waals surface area contributed by atoms with Crippen molar-refractivity contribution in [1.82, 2.24) is 25.3 Å². The molecular formula is C43H51F2N6O11PS. The lowest BCUT2D eigenvalue weighted by Gasteiger charge is -2.44. The fourth-order valence-corrected chi connectivity index (χ4v) is 9.45. The molecule has 1 unspecified atom stereocenters. The van der Waals surface area contributed by atoms with Crippen molar-refractivity contribution in [1.29, 1.82) is 0 Å². The lowest BCUT2D eigenvalue weighted by molar-refractivity contribution is -0.163. The largest absolute Gasteiger partial charge is 0.438 e. The van der Waals surface area contributed by atoms with Crippen molar-refractivity contribution < 1.29 is 60.6 Å². The van der Waals surface area contributed by atoms with Crippen molar-refractivity contribution in [2.45, 2.75) is 97.9 Å². The molecule has 0 saturated carbocycles. The fraction of sp³-hybridized carbons (Fsp3) is 0.488. The van der Waals surface area contributed by atoms with Gasteiger partial charge in [0.15, 0.2) is 0 Å². The highest BCUT2D eigenvalue weighted by Crippen LogP contribution is 2.67. The van der Waals surface area contributed by atoms with E-state index in [1.807, 2.05) is 6.92 Å². The van der Waals surface area contributed by atoms with Crippen LogP contribution in [-0.4, -0.2) is 99.9 Å². The predicted molar refractivity (Wildman–Crippen MR) is 231 cm³/mol. The molecule has 6 rings (SSSR count). The second-order valence-corrected chi connectivity index (χ2v) is 21.2. The predicted octanol–water partition coefficient (Wildman–Crippen LogP) is 6.95. The van der Waals surface area contributed by atoms with E-state index in [-0.39, 0.29) is 29.3 Å². The number of hydrogen-bond acceptors (Lipinski definition) is 14. The summed E-state index contributed by atoms with van der Waals surface area (Å²) < 4.78 is 66.8. The van der Waals surface area contributed by atoms with Crippen LogP contribution in [0.3, 0.4) is 0 Å². The van der Waals surface area contributed by atoms with Gasteiger partial charge >= 0.3 is 25.2 Å². The first kappa shape index (κ1) is 48.0. The number of benzene rings is 2. The van der Waals surface area contributed by atoms with Gasteiger partial charge in [-0.15, -0.1) is 11.3 Å². The number of nitrogens with zero attached hydrogens (tertiary/aromatic N) is 4. The van der Waals surface area contributed by atoms with Crippen LogP contribution in [-0.2, 0) is 52.7 Å². The number of thiophene rings is 1. The highest BCUT2D eigenvalue weighted by atomic mass is 32.1. The summed E-state index contributed by atoms with van der Waals surface area (Å²) in [5, 5.41) is 14.5. The molecule has 0 aliphatic carbocycles. The van der Waals surface area contributed by atoms with Gasteiger partial charge in [-0.25, -0.2) is 0 Å². The lowest BCUT2D eigenvalue weighted by atomic mass is 9.92. The van der Waals surface area contributed by atoms with Crippen LogP contribution in [0.25, 0.3) is 21.0 Å². The van der Waals surface area contributed by atoms with Crippen LogP contribution in [0.1, 0.15) is 89.9 Å². The van der Waals surface area contributed by atoms with E-state index in [1.165, 1.54) is 76.6 Å². The van der Waals surface area contributed by atoms with Crippen LogP contribution in [0, 0.1) is 10.8 Å². The molecule has 4 aromatic rings. The SMILES string of the molecule is CC(=O)N1CCC2(C)CC[C@@H](C(=O)Nc3ccc4nnccc4c3)N2C(=O)[C@@H](NC(=O)c2cc3cc(C(F)(F)P(=O)(OCOC(=O)C(C)(C)C)OCOC(=O)C(C)(C)C)ccc3s2)C1. The molecule has 64 heavy (non-hydrogen) atoms. The molecule has 2 saturated heterocycles. The Balaban J connectivity index is 1.24. The van der Waals surface area contributed by atoms with Crippen molar-refractivity contribution in [3.63, 3.8) is 0 Å². The van der Waals surface area contributed by atoms with Crippen molar-refractivity contribution in [2.24, 2.45) is 10.8 Å². The smallest absolute Gasteiger partial charge is 0.410 e. The Morgan fingerprint density at radius 1 is 0.906 bits per heavy atom. The molecule has 17 nitrogen and oxygen atoms in total. The number of ether oxygens (including phenoxy) is 2. The Morgan fingerprint density at radius 3 is 2.19 bits per heavy atom. The van der Waals surface area contributed by atoms with Crippen LogP contribution in [0.15, 0.2) is 54.7 Å². The number of nitrogens with one attached hydrogen (secondary N) is 2. The molecule has 21 heteroatoms. The second-order valence-electron chi connectivity index (χ2n) is 18.1. The Morgan fingerprint density at radius 2 is 1.56 bits per heavy atom. The van der Waals surface area contributed by atoms with Gasteiger partial charge in [0.2, 0.25) is 31.3 Å². The average Bonchev–Trinajstić information content (AvgIpc) is 3.81. The van der Waals surface area contributed by atoms with Crippen LogP contribution in [0.2, 0.25) is 0 Å². The van der Waals surface area contributed by atoms with Gasteiger partial charge in [-0.3, -0.25) is 42.4 Å². The molecule has 2 aromatic heterocycles. The third-order valence-corrected chi connectivity index (χ3v) is 14.0. The summed E-state index contributed by atoms with van der Waals surface area (Å²) in [6, 6.07) is 9.20. The molecule has 0 spiro atoms. The monoisotopic (exact) mass is 928 g/mol. The minimum atomic E-state index is -5.63. The number of anilines is 1. The Kier molecular flexibility index (Phi) is 13.7. The normalized spacial score (nSPS) is 19.8. The van der Waals surface area contributed by atoms with E-state index >= 15 is 8.78 Å². The zero-order valence-corrected chi connectivity index (χ0v) is 38.4. The average molecular weight is 929 g/mol. The highest BCUT2D eigenvalue weighted by Gasteiger charge is 2.56. The van der Waals surface area contributed by atoms with Gasteiger partial charge in [0.05, 0.1) is 27.4 Å². The van der Waals surface area contributed by atoms with E-state index in [0.717, 1.165) is 28.9 Å². The summed E-state index contributed by atoms with van der Waals surface area (Å²) in [6.45, 7) is 9.98. The first-order valence-electron chi connectivity index (χ1n) is 20.4. The van der Waals surface area contributed by atoms with Gasteiger partial charge in [0.25, 0.3) is 5.91 Å². The second kappa shape index (κ2) is 18.2. The quantitative estimate of drug-likeness (QED) is 0.0837. The third-order valence-electron chi connectivity index (χ3n) is 11.0. The number of aromatic nitrogens is 2. The number of esters is 2. The number of hydrogen-bond donors (Lipinski definition) is 2. The molecule has 2 aromatic carbocycles. The van der Waals surface area contributed by atoms with Gasteiger partial charge in [0.1, 0.15) is 12.1 Å². The summed E-state index contributed by atoms with van der Waals surface area (Å²) in [4.78, 5) is 82.9. The number of rotatable bonds is 12. The van der Waals surface area contributed by atoms with Crippen LogP contribution >= 0.6 is 18.9 Å². The minimum Gasteiger partial charge on any atom is -0.438 e. The van der Waals surface area contributed by atoms with Crippen LogP contribution in [0.4, 0.5) is 14.5 Å². The molecule has 4 heterocycles. The van der Waals surface area contributed by atoms with E-state index in [2.05, 4.69) is 20.8 Å². The topological polar surface area (TPSA) is 213 Å². The first-order valence-corrected chi connectivity index (χ1v) is 22.8. The number of carbonyl (C=O) groups is 6. The number of fused-ring (bicyclic) bond motifs is 3. The van der Waals surface area contributed by atoms with Crippen molar-refractivity contribution in [2.75, 3.05) is 32.0 Å². The lowest BCUT2D eigenvalue weighted by Crippen LogP contribution is -2.63. The van der Waals surface area contributed by atoms with Crippen molar-refractivity contribution in [3.8, 4) is 0 Å². The number of amides is 4. The van der Waals surface area contributed by atoms with Crippen molar-refractivity contribution >= 4 is 81.2 Å². The summed E-state index contributed by atoms with van der Waals surface area (Å²) in [7, 11) is -5.63. The van der Waals surface area contributed by atoms with Gasteiger partial charge in [-0.2, -0.15) is 19.0 Å². The van der Waals surface area contributed by atoms with E-state index in [0.29, 0.717) is 35.2 Å². The maximum Gasteiger partial charge on any atom is 0.410 e. The standard InChI is InChI=1S/C43H51F2N6O11PS/c1-25(52)50-18-16-42(8)15-13-32(35(53)47-29-10-11-30-26(20-29)14-17-46-49-30)51(42)37(55)31(22-50)48-36(54)34-21-27-19-28(9-12-33(27)64-34)43(44,45)63(58,61-23-59-38(56)40(2,3)4)62-24-60-39(57)41(5,6)7/h9-12,14,17,19-21,31-32H,13,15-16,18,22-24H2,1-8H3,(H,47,53)(H,48,54)/t31-,32-,42?/m0/s1. The van der Waals surface area contributed by atoms with E-state index < -0.39 is 90.5 Å². The maximum atomic E-state index is 16.4. The summed E-state index contributed by atoms with van der Waals surface area (Å²) in [6.07, 6.45) is 2.69. The zero-order valence-electron chi connectivity index (χ0n) is 36.7. The third kappa shape index (κ3) is 10.2.